The SMILES string of the molecule is CC1C[SiH](C)O[SiH](C)O[Si](CC[Si]O[Si]O[Si]O[Si](O[Si]O[Si]CC[Si]2O[SiH](C)O[SiH](C)O[SiH](C)O2)(O[Si]O[Si]O[Si]CC[Si]2O[SiH](C)O[SiH](C)O[SiH](C)O2)O[Si]O[Si]O[Si](C)(C)CC[Si]2O[SiH](C)O[SiH](C)O[SiH](C)O2)O1. The second-order valence-corrected chi connectivity index (χ2v) is 67.7. The van der Waals surface area contributed by atoms with Gasteiger partial charge in [0.15, 0.2) is 17.4 Å². The van der Waals surface area contributed by atoms with Crippen LogP contribution in [-0.4, -0.2) is 262 Å². The largest absolute Gasteiger partial charge is 0.642 e. The van der Waals surface area contributed by atoms with E-state index in [1.165, 1.54) is 0 Å². The van der Waals surface area contributed by atoms with Crippen LogP contribution >= 0.6 is 0 Å². The summed E-state index contributed by atoms with van der Waals surface area (Å²) in [5, 5.41) is 0. The van der Waals surface area contributed by atoms with Crippen molar-refractivity contribution in [3.8, 4) is 0 Å². The summed E-state index contributed by atoms with van der Waals surface area (Å²) in [5.41, 5.74) is 0. The van der Waals surface area contributed by atoms with Gasteiger partial charge in [-0.3, -0.25) is 0 Å². The first-order valence-electron chi connectivity index (χ1n) is 24.9. The number of rotatable bonds is 34. The molecule has 0 aromatic rings. The fraction of sp³-hybridized carbons (Fsp3) is 1.00. The van der Waals surface area contributed by atoms with E-state index in [0.717, 1.165) is 42.3 Å². The van der Waals surface area contributed by atoms with Gasteiger partial charge in [0.25, 0.3) is 92.8 Å². The molecule has 77 heavy (non-hydrogen) atoms. The maximum Gasteiger partial charge on any atom is 0.642 e. The normalized spacial score (nSPS) is 31.6. The Morgan fingerprint density at radius 2 is 0.701 bits per heavy atom. The molecule has 26 nitrogen and oxygen atoms in total. The number of hydrogen-bond acceptors (Lipinski definition) is 26. The van der Waals surface area contributed by atoms with Gasteiger partial charge in [-0.1, -0.05) is 0 Å². The zero-order valence-electron chi connectivity index (χ0n) is 45.9. The zero-order valence-corrected chi connectivity index (χ0v) is 74.6. The van der Waals surface area contributed by atoms with Gasteiger partial charge in [-0.2, -0.15) is 0 Å². The van der Waals surface area contributed by atoms with Gasteiger partial charge in [0.2, 0.25) is 29.3 Å². The first-order valence-corrected chi connectivity index (χ1v) is 68.2. The predicted molar refractivity (Wildman–Crippen MR) is 328 cm³/mol. The van der Waals surface area contributed by atoms with E-state index in [1.807, 2.05) is 58.9 Å². The van der Waals surface area contributed by atoms with Gasteiger partial charge in [-0.15, -0.1) is 0 Å². The van der Waals surface area contributed by atoms with Crippen molar-refractivity contribution >= 4 is 256 Å². The highest BCUT2D eigenvalue weighted by Crippen LogP contribution is 2.21. The third kappa shape index (κ3) is 35.6. The van der Waals surface area contributed by atoms with E-state index in [4.69, 9.17) is 107 Å². The Balaban J connectivity index is 1.32. The molecule has 24 radical (unpaired) electrons. The van der Waals surface area contributed by atoms with Gasteiger partial charge < -0.3 is 107 Å². The summed E-state index contributed by atoms with van der Waals surface area (Å²) >= 11 is 0. The molecular weight excluding hydrogens is 1460 g/mol. The smallest absolute Gasteiger partial charge is 0.441 e. The van der Waals surface area contributed by atoms with E-state index in [-0.39, 0.29) is 65.4 Å². The molecule has 53 heteroatoms. The minimum atomic E-state index is -4.10. The van der Waals surface area contributed by atoms with Gasteiger partial charge in [0, 0.05) is 6.10 Å². The van der Waals surface area contributed by atoms with Crippen LogP contribution < -0.4 is 0 Å². The third-order valence-corrected chi connectivity index (χ3v) is 70.1. The fourth-order valence-corrected chi connectivity index (χ4v) is 67.4. The number of hydrogen-bond donors (Lipinski definition) is 0. The second kappa shape index (κ2) is 42.7. The van der Waals surface area contributed by atoms with Crippen LogP contribution in [0.4, 0.5) is 0 Å². The van der Waals surface area contributed by atoms with E-state index >= 15 is 0 Å². The van der Waals surface area contributed by atoms with Gasteiger partial charge in [0.1, 0.15) is 0 Å². The Labute approximate surface area is 511 Å². The molecule has 0 amide bonds. The van der Waals surface area contributed by atoms with Crippen LogP contribution in [0.3, 0.4) is 0 Å². The standard InChI is InChI=1S/C24H72O26Si27/c1-24-23-61(2)37-62(3)44-72(25-24)18-15-51-26-54-29-58-34-77(33-56-28-53-17-20-74-47-68(9)40-64(5)41-69(10)48-74,35-59-30-55-27-52-16-19-73-45-66(7)38-63(4)39-67(8)46-73)36-60-31-57-32-76(13,14)22-21-75-49-70(11)42-65(6)43-71(12)50-75/h24,61-71H,15-23H2,1-14H3. The molecule has 0 aromatic carbocycles. The lowest BCUT2D eigenvalue weighted by atomic mass is 10.5. The van der Waals surface area contributed by atoms with E-state index in [0.29, 0.717) is 12.1 Å². The lowest BCUT2D eigenvalue weighted by molar-refractivity contribution is 0.140. The Morgan fingerprint density at radius 1 is 0.390 bits per heavy atom. The minimum absolute atomic E-state index is 0.0704. The summed E-state index contributed by atoms with van der Waals surface area (Å²) in [6.45, 7) is 28.9. The van der Waals surface area contributed by atoms with Crippen molar-refractivity contribution in [2.45, 2.75) is 153 Å². The van der Waals surface area contributed by atoms with Crippen molar-refractivity contribution in [1.29, 1.82) is 0 Å². The molecule has 4 aliphatic rings. The Hall–Kier alpha value is 4.82. The molecule has 4 aliphatic heterocycles. The summed E-state index contributed by atoms with van der Waals surface area (Å²) < 4.78 is 160. The average Bonchev–Trinajstić information content (AvgIpc) is 3.30. The van der Waals surface area contributed by atoms with Crippen LogP contribution in [0.2, 0.25) is 140 Å². The molecule has 0 aliphatic carbocycles. The van der Waals surface area contributed by atoms with Gasteiger partial charge >= 0.3 is 116 Å². The van der Waals surface area contributed by atoms with E-state index in [9.17, 15) is 0 Å². The first kappa shape index (κ1) is 74.3. The lowest BCUT2D eigenvalue weighted by Gasteiger charge is -2.31. The Kier molecular flexibility index (Phi) is 41.2. The molecular formula is C24H72O26Si27. The molecule has 0 N–H and O–H groups in total. The summed E-state index contributed by atoms with van der Waals surface area (Å²) in [5.74, 6) is 0. The topological polar surface area (TPSA) is 240 Å². The lowest BCUT2D eigenvalue weighted by Crippen LogP contribution is -2.54. The summed E-state index contributed by atoms with van der Waals surface area (Å²) in [7, 11) is -34.2. The monoisotopic (exact) mass is 1530 g/mol. The van der Waals surface area contributed by atoms with Crippen molar-refractivity contribution < 1.29 is 107 Å². The predicted octanol–water partition coefficient (Wildman–Crippen LogP) is -2.84. The van der Waals surface area contributed by atoms with Gasteiger partial charge in [-0.05, 0) is 146 Å². The molecule has 4 rings (SSSR count). The highest BCUT2D eigenvalue weighted by molar-refractivity contribution is 6.79. The van der Waals surface area contributed by atoms with Crippen molar-refractivity contribution in [1.82, 2.24) is 0 Å². The minimum Gasteiger partial charge on any atom is -0.441 e. The first-order chi connectivity index (χ1) is 36.7. The average molecular weight is 1540 g/mol. The van der Waals surface area contributed by atoms with Gasteiger partial charge in [0.05, 0.1) is 0 Å². The van der Waals surface area contributed by atoms with Gasteiger partial charge in [-0.25, -0.2) is 0 Å². The summed E-state index contributed by atoms with van der Waals surface area (Å²) in [4.78, 5) is 0. The Bertz CT molecular complexity index is 1420. The van der Waals surface area contributed by atoms with E-state index < -0.39 is 196 Å². The second-order valence-electron chi connectivity index (χ2n) is 17.3. The van der Waals surface area contributed by atoms with Crippen molar-refractivity contribution in [2.24, 2.45) is 0 Å². The Morgan fingerprint density at radius 3 is 1.12 bits per heavy atom. The molecule has 0 aromatic heterocycles. The zero-order chi connectivity index (χ0) is 56.1. The van der Waals surface area contributed by atoms with Crippen molar-refractivity contribution in [3.05, 3.63) is 0 Å². The maximum absolute atomic E-state index is 6.37. The van der Waals surface area contributed by atoms with Crippen LogP contribution in [0.1, 0.15) is 6.92 Å². The highest BCUT2D eigenvalue weighted by Gasteiger charge is 2.47. The molecule has 432 valence electrons. The van der Waals surface area contributed by atoms with Crippen LogP contribution in [-0.2, 0) is 107 Å². The molecule has 4 heterocycles. The van der Waals surface area contributed by atoms with Crippen molar-refractivity contribution in [3.63, 3.8) is 0 Å². The van der Waals surface area contributed by atoms with Crippen LogP contribution in [0.25, 0.3) is 0 Å². The summed E-state index contributed by atoms with van der Waals surface area (Å²) in [6.07, 6.45) is 0.138. The summed E-state index contributed by atoms with van der Waals surface area (Å²) in [6, 6.07) is 7.04. The fourth-order valence-electron chi connectivity index (χ4n) is 6.70. The molecule has 0 spiro atoms. The van der Waals surface area contributed by atoms with Crippen LogP contribution in [0.15, 0.2) is 0 Å². The maximum atomic E-state index is 6.37. The van der Waals surface area contributed by atoms with E-state index in [2.05, 4.69) is 33.1 Å². The van der Waals surface area contributed by atoms with Crippen molar-refractivity contribution in [2.75, 3.05) is 0 Å². The quantitative estimate of drug-likeness (QED) is 0.0466. The molecule has 4 saturated heterocycles. The molecule has 0 bridgehead atoms. The van der Waals surface area contributed by atoms with E-state index in [1.54, 1.807) is 0 Å². The molecule has 10 atom stereocenters. The third-order valence-electron chi connectivity index (χ3n) is 9.60. The molecule has 0 saturated carbocycles. The molecule has 10 unspecified atom stereocenters. The van der Waals surface area contributed by atoms with Crippen LogP contribution in [0.5, 0.6) is 0 Å². The van der Waals surface area contributed by atoms with Crippen LogP contribution in [0, 0.1) is 0 Å². The molecule has 4 fully saturated rings. The highest BCUT2D eigenvalue weighted by atomic mass is 28.5.